The number of nitrogens with one attached hydrogen (secondary N) is 1. The summed E-state index contributed by atoms with van der Waals surface area (Å²) in [4.78, 5) is 14.4. The Morgan fingerprint density at radius 3 is 2.75 bits per heavy atom. The number of nitrogens with zero attached hydrogens (tertiary/aromatic N) is 2. The minimum absolute atomic E-state index is 0.197. The number of furan rings is 1. The molecular weight excluding hydrogens is 322 g/mol. The smallest absolute Gasteiger partial charge is 0.301 e. The molecule has 3 rings (SSSR count). The maximum absolute atomic E-state index is 12.2. The highest BCUT2D eigenvalue weighted by molar-refractivity contribution is 9.10. The Bertz CT molecular complexity index is 632. The normalized spacial score (nSPS) is 17.5. The standard InChI is InChI=1S/C14H16BrN3O2/c1-17-5-7-18(8-6-17)16-14(19)13-9-10-11(15)3-2-4-12(10)20-13/h2-4,9H,5-8H2,1H3,(H,16,19). The Hall–Kier alpha value is -1.37. The van der Waals surface area contributed by atoms with Crippen LogP contribution in [-0.4, -0.2) is 49.0 Å². The van der Waals surface area contributed by atoms with E-state index in [1.54, 1.807) is 6.07 Å². The van der Waals surface area contributed by atoms with Gasteiger partial charge in [-0.05, 0) is 25.2 Å². The van der Waals surface area contributed by atoms with Gasteiger partial charge in [0.2, 0.25) is 0 Å². The second-order valence-corrected chi connectivity index (χ2v) is 5.85. The summed E-state index contributed by atoms with van der Waals surface area (Å²) >= 11 is 3.46. The van der Waals surface area contributed by atoms with Crippen molar-refractivity contribution in [2.75, 3.05) is 33.2 Å². The average molecular weight is 338 g/mol. The van der Waals surface area contributed by atoms with E-state index in [4.69, 9.17) is 4.42 Å². The molecule has 1 aliphatic heterocycles. The van der Waals surface area contributed by atoms with Crippen LogP contribution in [0.1, 0.15) is 10.6 Å². The molecule has 0 radical (unpaired) electrons. The first-order valence-corrected chi connectivity index (χ1v) is 7.35. The number of carbonyl (C=O) groups excluding carboxylic acids is 1. The second-order valence-electron chi connectivity index (χ2n) is 4.99. The molecule has 0 bridgehead atoms. The van der Waals surface area contributed by atoms with E-state index in [1.807, 2.05) is 23.2 Å². The van der Waals surface area contributed by atoms with E-state index in [0.29, 0.717) is 11.3 Å². The lowest BCUT2D eigenvalue weighted by atomic mass is 10.2. The van der Waals surface area contributed by atoms with Gasteiger partial charge < -0.3 is 9.32 Å². The van der Waals surface area contributed by atoms with Gasteiger partial charge >= 0.3 is 5.91 Å². The van der Waals surface area contributed by atoms with Crippen LogP contribution in [0.15, 0.2) is 33.2 Å². The van der Waals surface area contributed by atoms with Gasteiger partial charge in [0.15, 0.2) is 5.76 Å². The zero-order valence-electron chi connectivity index (χ0n) is 11.2. The summed E-state index contributed by atoms with van der Waals surface area (Å²) in [6.07, 6.45) is 0. The Kier molecular flexibility index (Phi) is 3.78. The van der Waals surface area contributed by atoms with E-state index in [0.717, 1.165) is 36.0 Å². The molecule has 2 aromatic rings. The van der Waals surface area contributed by atoms with Crippen LogP contribution in [0.4, 0.5) is 0 Å². The summed E-state index contributed by atoms with van der Waals surface area (Å²) in [6, 6.07) is 7.44. The topological polar surface area (TPSA) is 48.7 Å². The van der Waals surface area contributed by atoms with Crippen molar-refractivity contribution in [2.24, 2.45) is 0 Å². The highest BCUT2D eigenvalue weighted by Crippen LogP contribution is 2.26. The molecule has 1 aromatic heterocycles. The van der Waals surface area contributed by atoms with Gasteiger partial charge in [-0.25, -0.2) is 5.01 Å². The molecule has 20 heavy (non-hydrogen) atoms. The number of hydrogen-bond acceptors (Lipinski definition) is 4. The third kappa shape index (κ3) is 2.72. The van der Waals surface area contributed by atoms with Gasteiger partial charge in [0, 0.05) is 36.0 Å². The molecule has 0 atom stereocenters. The summed E-state index contributed by atoms with van der Waals surface area (Å²) in [6.45, 7) is 3.55. The molecule has 5 nitrogen and oxygen atoms in total. The molecule has 6 heteroatoms. The first-order valence-electron chi connectivity index (χ1n) is 6.56. The molecule has 1 aliphatic rings. The zero-order valence-corrected chi connectivity index (χ0v) is 12.8. The Balaban J connectivity index is 1.74. The van der Waals surface area contributed by atoms with Crippen molar-refractivity contribution in [1.29, 1.82) is 0 Å². The van der Waals surface area contributed by atoms with E-state index in [2.05, 4.69) is 33.3 Å². The Morgan fingerprint density at radius 2 is 2.05 bits per heavy atom. The Labute approximate surface area is 125 Å². The van der Waals surface area contributed by atoms with Gasteiger partial charge in [-0.2, -0.15) is 0 Å². The fraction of sp³-hybridized carbons (Fsp3) is 0.357. The fourth-order valence-corrected chi connectivity index (χ4v) is 2.72. The number of hydrazine groups is 1. The molecule has 1 amide bonds. The highest BCUT2D eigenvalue weighted by atomic mass is 79.9. The summed E-state index contributed by atoms with van der Waals surface area (Å²) in [7, 11) is 2.08. The van der Waals surface area contributed by atoms with Gasteiger partial charge in [0.25, 0.3) is 0 Å². The van der Waals surface area contributed by atoms with Crippen LogP contribution in [0.3, 0.4) is 0 Å². The summed E-state index contributed by atoms with van der Waals surface area (Å²) in [5.74, 6) is 0.142. The number of likely N-dealkylation sites (N-methyl/N-ethyl adjacent to an activating group) is 1. The van der Waals surface area contributed by atoms with Crippen LogP contribution in [-0.2, 0) is 0 Å². The van der Waals surface area contributed by atoms with Gasteiger partial charge in [-0.15, -0.1) is 0 Å². The first kappa shape index (κ1) is 13.6. The molecule has 1 fully saturated rings. The van der Waals surface area contributed by atoms with Crippen LogP contribution in [0.2, 0.25) is 0 Å². The van der Waals surface area contributed by atoms with Gasteiger partial charge in [-0.1, -0.05) is 22.0 Å². The molecule has 0 spiro atoms. The minimum atomic E-state index is -0.197. The van der Waals surface area contributed by atoms with Crippen LogP contribution in [0.5, 0.6) is 0 Å². The van der Waals surface area contributed by atoms with Crippen molar-refractivity contribution in [3.05, 3.63) is 34.5 Å². The predicted molar refractivity (Wildman–Crippen MR) is 80.5 cm³/mol. The number of piperazine rings is 1. The number of fused-ring (bicyclic) bond motifs is 1. The van der Waals surface area contributed by atoms with Gasteiger partial charge in [-0.3, -0.25) is 10.2 Å². The van der Waals surface area contributed by atoms with E-state index < -0.39 is 0 Å². The quantitative estimate of drug-likeness (QED) is 0.911. The monoisotopic (exact) mass is 337 g/mol. The molecule has 0 saturated carbocycles. The number of amides is 1. The lowest BCUT2D eigenvalue weighted by Gasteiger charge is -2.32. The molecule has 2 heterocycles. The molecule has 0 unspecified atom stereocenters. The zero-order chi connectivity index (χ0) is 14.1. The van der Waals surface area contributed by atoms with Crippen molar-refractivity contribution in [1.82, 2.24) is 15.3 Å². The van der Waals surface area contributed by atoms with Crippen molar-refractivity contribution in [3.63, 3.8) is 0 Å². The summed E-state index contributed by atoms with van der Waals surface area (Å²) < 4.78 is 6.52. The predicted octanol–water partition coefficient (Wildman–Crippen LogP) is 2.09. The van der Waals surface area contributed by atoms with Crippen LogP contribution in [0.25, 0.3) is 11.0 Å². The van der Waals surface area contributed by atoms with Crippen molar-refractivity contribution < 1.29 is 9.21 Å². The molecule has 1 saturated heterocycles. The fourth-order valence-electron chi connectivity index (χ4n) is 2.25. The largest absolute Gasteiger partial charge is 0.451 e. The molecule has 0 aliphatic carbocycles. The Morgan fingerprint density at radius 1 is 1.30 bits per heavy atom. The van der Waals surface area contributed by atoms with Crippen molar-refractivity contribution in [2.45, 2.75) is 0 Å². The van der Waals surface area contributed by atoms with E-state index in [-0.39, 0.29) is 5.91 Å². The highest BCUT2D eigenvalue weighted by Gasteiger charge is 2.19. The maximum atomic E-state index is 12.2. The molecular formula is C14H16BrN3O2. The number of rotatable bonds is 2. The van der Waals surface area contributed by atoms with E-state index in [9.17, 15) is 4.79 Å². The molecule has 1 N–H and O–H groups in total. The molecule has 1 aromatic carbocycles. The lowest BCUT2D eigenvalue weighted by Crippen LogP contribution is -2.52. The minimum Gasteiger partial charge on any atom is -0.451 e. The summed E-state index contributed by atoms with van der Waals surface area (Å²) in [5.41, 5.74) is 3.61. The van der Waals surface area contributed by atoms with Crippen molar-refractivity contribution in [3.8, 4) is 0 Å². The van der Waals surface area contributed by atoms with Crippen molar-refractivity contribution >= 4 is 32.8 Å². The number of hydrogen-bond donors (Lipinski definition) is 1. The summed E-state index contributed by atoms with van der Waals surface area (Å²) in [5, 5.41) is 2.85. The van der Waals surface area contributed by atoms with Crippen LogP contribution in [0, 0.1) is 0 Å². The average Bonchev–Trinajstić information content (AvgIpc) is 2.87. The van der Waals surface area contributed by atoms with E-state index in [1.165, 1.54) is 0 Å². The first-order chi connectivity index (χ1) is 9.63. The molecule has 106 valence electrons. The number of halogens is 1. The number of carbonyl (C=O) groups is 1. The third-order valence-corrected chi connectivity index (χ3v) is 4.19. The van der Waals surface area contributed by atoms with Crippen LogP contribution < -0.4 is 5.43 Å². The SMILES string of the molecule is CN1CCN(NC(=O)c2cc3c(Br)cccc3o2)CC1. The van der Waals surface area contributed by atoms with Gasteiger partial charge in [0.1, 0.15) is 5.58 Å². The van der Waals surface area contributed by atoms with E-state index >= 15 is 0 Å². The van der Waals surface area contributed by atoms with Gasteiger partial charge in [0.05, 0.1) is 0 Å². The lowest BCUT2D eigenvalue weighted by molar-refractivity contribution is 0.0639. The number of benzene rings is 1. The second kappa shape index (κ2) is 5.55. The van der Waals surface area contributed by atoms with Crippen LogP contribution >= 0.6 is 15.9 Å². The maximum Gasteiger partial charge on any atom is 0.301 e. The third-order valence-electron chi connectivity index (χ3n) is 3.49.